The number of hydrogen-bond donors (Lipinski definition) is 1. The zero-order chi connectivity index (χ0) is 19.0. The number of rotatable bonds is 6. The van der Waals surface area contributed by atoms with E-state index in [1.165, 1.54) is 11.8 Å². The highest BCUT2D eigenvalue weighted by Crippen LogP contribution is 2.42. The molecule has 0 radical (unpaired) electrons. The summed E-state index contributed by atoms with van der Waals surface area (Å²) in [7, 11) is 0. The van der Waals surface area contributed by atoms with Crippen molar-refractivity contribution in [1.29, 1.82) is 0 Å². The van der Waals surface area contributed by atoms with Crippen LogP contribution in [0.1, 0.15) is 36.9 Å². The average molecular weight is 399 g/mol. The van der Waals surface area contributed by atoms with E-state index in [-0.39, 0.29) is 11.2 Å². The largest absolute Gasteiger partial charge is 0.325 e. The van der Waals surface area contributed by atoms with Gasteiger partial charge in [0.25, 0.3) is 0 Å². The van der Waals surface area contributed by atoms with Crippen molar-refractivity contribution in [3.05, 3.63) is 46.8 Å². The number of nitrogens with one attached hydrogen (secondary N) is 1. The Balaban J connectivity index is 1.52. The summed E-state index contributed by atoms with van der Waals surface area (Å²) in [4.78, 5) is 13.8. The van der Waals surface area contributed by atoms with Gasteiger partial charge >= 0.3 is 0 Å². The molecule has 1 aromatic carbocycles. The monoisotopic (exact) mass is 398 g/mol. The van der Waals surface area contributed by atoms with Gasteiger partial charge in [0.15, 0.2) is 11.0 Å². The first-order valence-electron chi connectivity index (χ1n) is 9.06. The zero-order valence-corrected chi connectivity index (χ0v) is 17.2. The van der Waals surface area contributed by atoms with E-state index in [4.69, 9.17) is 0 Å². The van der Waals surface area contributed by atoms with Gasteiger partial charge in [0.2, 0.25) is 5.91 Å². The van der Waals surface area contributed by atoms with Gasteiger partial charge in [-0.25, -0.2) is 0 Å². The number of benzene rings is 1. The minimum atomic E-state index is -0.261. The molecule has 1 atom stereocenters. The summed E-state index contributed by atoms with van der Waals surface area (Å²) in [6, 6.07) is 10.6. The third-order valence-corrected chi connectivity index (χ3v) is 6.54. The first-order chi connectivity index (χ1) is 13.0. The highest BCUT2D eigenvalue weighted by molar-refractivity contribution is 8.00. The van der Waals surface area contributed by atoms with Crippen molar-refractivity contribution >= 4 is 34.7 Å². The van der Waals surface area contributed by atoms with Gasteiger partial charge in [0.05, 0.1) is 10.1 Å². The number of thioether (sulfide) groups is 1. The molecule has 5 nitrogen and oxygen atoms in total. The van der Waals surface area contributed by atoms with Gasteiger partial charge in [0.1, 0.15) is 0 Å². The first kappa shape index (κ1) is 18.3. The van der Waals surface area contributed by atoms with Gasteiger partial charge in [-0.05, 0) is 62.3 Å². The van der Waals surface area contributed by atoms with Crippen LogP contribution in [0.5, 0.6) is 0 Å². The van der Waals surface area contributed by atoms with Crippen LogP contribution < -0.4 is 5.32 Å². The maximum absolute atomic E-state index is 12.7. The lowest BCUT2D eigenvalue weighted by Crippen LogP contribution is -2.23. The van der Waals surface area contributed by atoms with Gasteiger partial charge < -0.3 is 5.32 Å². The molecule has 0 aliphatic heterocycles. The predicted molar refractivity (Wildman–Crippen MR) is 111 cm³/mol. The van der Waals surface area contributed by atoms with Crippen molar-refractivity contribution in [2.45, 2.75) is 50.1 Å². The normalized spacial score (nSPS) is 14.9. The van der Waals surface area contributed by atoms with Crippen LogP contribution in [-0.2, 0) is 4.79 Å². The summed E-state index contributed by atoms with van der Waals surface area (Å²) in [5.74, 6) is 0.897. The quantitative estimate of drug-likeness (QED) is 0.589. The molecular formula is C20H22N4OS2. The molecule has 1 amide bonds. The molecule has 3 aromatic rings. The SMILES string of the molecule is Cc1ccc(C)c(NC(=O)[C@H](C)Sc2nnc(-c3cccs3)n2C2CC2)c1. The molecule has 1 saturated carbocycles. The maximum atomic E-state index is 12.7. The lowest BCUT2D eigenvalue weighted by atomic mass is 10.1. The molecule has 27 heavy (non-hydrogen) atoms. The van der Waals surface area contributed by atoms with Crippen LogP contribution in [-0.4, -0.2) is 25.9 Å². The summed E-state index contributed by atoms with van der Waals surface area (Å²) in [5.41, 5.74) is 3.06. The fourth-order valence-corrected chi connectivity index (χ4v) is 4.53. The summed E-state index contributed by atoms with van der Waals surface area (Å²) in [6.45, 7) is 5.95. The van der Waals surface area contributed by atoms with Gasteiger partial charge in [-0.15, -0.1) is 21.5 Å². The van der Waals surface area contributed by atoms with E-state index in [0.29, 0.717) is 6.04 Å². The molecular weight excluding hydrogens is 376 g/mol. The van der Waals surface area contributed by atoms with Crippen molar-refractivity contribution in [3.8, 4) is 10.7 Å². The predicted octanol–water partition coefficient (Wildman–Crippen LogP) is 5.08. The molecule has 1 fully saturated rings. The van der Waals surface area contributed by atoms with Crippen molar-refractivity contribution in [1.82, 2.24) is 14.8 Å². The van der Waals surface area contributed by atoms with Gasteiger partial charge in [-0.2, -0.15) is 0 Å². The Bertz CT molecular complexity index is 961. The van der Waals surface area contributed by atoms with E-state index < -0.39 is 0 Å². The second kappa shape index (κ2) is 7.48. The Morgan fingerprint density at radius 3 is 2.81 bits per heavy atom. The molecule has 140 valence electrons. The lowest BCUT2D eigenvalue weighted by molar-refractivity contribution is -0.115. The highest BCUT2D eigenvalue weighted by Gasteiger charge is 2.31. The third kappa shape index (κ3) is 3.94. The smallest absolute Gasteiger partial charge is 0.237 e. The van der Waals surface area contributed by atoms with Crippen LogP contribution in [0.3, 0.4) is 0 Å². The van der Waals surface area contributed by atoms with Crippen LogP contribution in [0.2, 0.25) is 0 Å². The van der Waals surface area contributed by atoms with Crippen molar-refractivity contribution in [2.75, 3.05) is 5.32 Å². The minimum absolute atomic E-state index is 0.0169. The van der Waals surface area contributed by atoms with E-state index in [2.05, 4.69) is 26.1 Å². The van der Waals surface area contributed by atoms with E-state index in [1.54, 1.807) is 11.3 Å². The number of carbonyl (C=O) groups excluding carboxylic acids is 1. The van der Waals surface area contributed by atoms with Gasteiger partial charge in [-0.1, -0.05) is 30.0 Å². The van der Waals surface area contributed by atoms with Gasteiger partial charge in [0, 0.05) is 11.7 Å². The van der Waals surface area contributed by atoms with Crippen molar-refractivity contribution in [2.24, 2.45) is 0 Å². The maximum Gasteiger partial charge on any atom is 0.237 e. The molecule has 0 saturated heterocycles. The fourth-order valence-electron chi connectivity index (χ4n) is 2.91. The van der Waals surface area contributed by atoms with Crippen LogP contribution >= 0.6 is 23.1 Å². The lowest BCUT2D eigenvalue weighted by Gasteiger charge is -2.14. The highest BCUT2D eigenvalue weighted by atomic mass is 32.2. The molecule has 0 bridgehead atoms. The van der Waals surface area contributed by atoms with E-state index >= 15 is 0 Å². The van der Waals surface area contributed by atoms with E-state index in [0.717, 1.165) is 45.5 Å². The molecule has 2 heterocycles. The van der Waals surface area contributed by atoms with Crippen LogP contribution in [0.25, 0.3) is 10.7 Å². The zero-order valence-electron chi connectivity index (χ0n) is 15.6. The molecule has 4 rings (SSSR count). The van der Waals surface area contributed by atoms with Crippen LogP contribution in [0.15, 0.2) is 40.9 Å². The average Bonchev–Trinajstić information content (AvgIpc) is 3.16. The Morgan fingerprint density at radius 2 is 2.11 bits per heavy atom. The number of anilines is 1. The Labute approximate surface area is 167 Å². The Hall–Kier alpha value is -2.12. The second-order valence-corrected chi connectivity index (χ2v) is 9.21. The molecule has 0 unspecified atom stereocenters. The van der Waals surface area contributed by atoms with Crippen LogP contribution in [0.4, 0.5) is 5.69 Å². The van der Waals surface area contributed by atoms with Crippen LogP contribution in [0, 0.1) is 13.8 Å². The molecule has 1 aliphatic carbocycles. The van der Waals surface area contributed by atoms with Gasteiger partial charge in [-0.3, -0.25) is 9.36 Å². The summed E-state index contributed by atoms with van der Waals surface area (Å²) in [5, 5.41) is 14.5. The number of hydrogen-bond acceptors (Lipinski definition) is 5. The summed E-state index contributed by atoms with van der Waals surface area (Å²) >= 11 is 3.14. The minimum Gasteiger partial charge on any atom is -0.325 e. The molecule has 1 N–H and O–H groups in total. The molecule has 7 heteroatoms. The van der Waals surface area contributed by atoms with Crippen molar-refractivity contribution in [3.63, 3.8) is 0 Å². The summed E-state index contributed by atoms with van der Waals surface area (Å²) in [6.07, 6.45) is 2.29. The number of carbonyl (C=O) groups is 1. The number of aromatic nitrogens is 3. The molecule has 0 spiro atoms. The first-order valence-corrected chi connectivity index (χ1v) is 10.8. The topological polar surface area (TPSA) is 59.8 Å². The second-order valence-electron chi connectivity index (χ2n) is 6.95. The number of thiophene rings is 1. The van der Waals surface area contributed by atoms with Crippen molar-refractivity contribution < 1.29 is 4.79 Å². The fraction of sp³-hybridized carbons (Fsp3) is 0.350. The number of aryl methyl sites for hydroxylation is 2. The summed E-state index contributed by atoms with van der Waals surface area (Å²) < 4.78 is 2.21. The standard InChI is InChI=1S/C20H22N4OS2/c1-12-6-7-13(2)16(11-12)21-19(25)14(3)27-20-23-22-18(17-5-4-10-26-17)24(20)15-8-9-15/h4-7,10-11,14-15H,8-9H2,1-3H3,(H,21,25)/t14-/m0/s1. The third-order valence-electron chi connectivity index (χ3n) is 4.62. The Morgan fingerprint density at radius 1 is 1.30 bits per heavy atom. The molecule has 2 aromatic heterocycles. The molecule has 1 aliphatic rings. The Kier molecular flexibility index (Phi) is 5.06. The number of amides is 1. The van der Waals surface area contributed by atoms with E-state index in [1.807, 2.05) is 50.4 Å². The van der Waals surface area contributed by atoms with E-state index in [9.17, 15) is 4.79 Å². The number of nitrogens with zero attached hydrogens (tertiary/aromatic N) is 3.